The smallest absolute Gasteiger partial charge is 0.410 e. The quantitative estimate of drug-likeness (QED) is 0.857. The Morgan fingerprint density at radius 3 is 2.80 bits per heavy atom. The topological polar surface area (TPSA) is 41.6 Å². The average Bonchev–Trinajstić information content (AvgIpc) is 2.37. The molecule has 0 aliphatic carbocycles. The van der Waals surface area contributed by atoms with Gasteiger partial charge in [-0.05, 0) is 33.3 Å². The van der Waals surface area contributed by atoms with Crippen molar-refractivity contribution in [3.8, 4) is 0 Å². The highest BCUT2D eigenvalue weighted by Crippen LogP contribution is 2.20. The monoisotopic (exact) mass is 276 g/mol. The summed E-state index contributed by atoms with van der Waals surface area (Å²) < 4.78 is 5.44. The fourth-order valence-electron chi connectivity index (χ4n) is 2.35. The van der Waals surface area contributed by atoms with E-state index in [0.29, 0.717) is 13.1 Å². The van der Waals surface area contributed by atoms with Crippen LogP contribution in [0.15, 0.2) is 24.3 Å². The third-order valence-electron chi connectivity index (χ3n) is 3.27. The van der Waals surface area contributed by atoms with Gasteiger partial charge in [-0.3, -0.25) is 0 Å². The zero-order valence-corrected chi connectivity index (χ0v) is 12.8. The van der Waals surface area contributed by atoms with Crippen LogP contribution in [0.4, 0.5) is 4.79 Å². The summed E-state index contributed by atoms with van der Waals surface area (Å²) in [7, 11) is 0. The van der Waals surface area contributed by atoms with Gasteiger partial charge in [-0.25, -0.2) is 4.79 Å². The number of ether oxygens (including phenoxy) is 1. The van der Waals surface area contributed by atoms with Gasteiger partial charge in [-0.2, -0.15) is 0 Å². The van der Waals surface area contributed by atoms with Crippen LogP contribution in [0.1, 0.15) is 37.9 Å². The Labute approximate surface area is 121 Å². The Morgan fingerprint density at radius 1 is 1.40 bits per heavy atom. The molecule has 1 unspecified atom stereocenters. The maximum atomic E-state index is 12.1. The number of rotatable bonds is 1. The first-order valence-corrected chi connectivity index (χ1v) is 7.13. The molecule has 0 saturated carbocycles. The van der Waals surface area contributed by atoms with E-state index in [1.807, 2.05) is 20.8 Å². The van der Waals surface area contributed by atoms with E-state index in [1.165, 1.54) is 11.1 Å². The summed E-state index contributed by atoms with van der Waals surface area (Å²) in [5, 5.41) is 3.46. The predicted molar refractivity (Wildman–Crippen MR) is 79.7 cm³/mol. The van der Waals surface area contributed by atoms with E-state index in [0.717, 1.165) is 6.54 Å². The molecule has 0 bridgehead atoms. The molecule has 0 radical (unpaired) electrons. The number of hydrogen-bond acceptors (Lipinski definition) is 3. The molecule has 2 rings (SSSR count). The standard InChI is InChI=1S/C16H24N2O2/c1-12-6-5-7-13(10-12)14-11-18(9-8-17-14)15(19)20-16(2,3)4/h5-7,10,14,17H,8-9,11H2,1-4H3. The molecular weight excluding hydrogens is 252 g/mol. The first-order chi connectivity index (χ1) is 9.35. The number of benzene rings is 1. The lowest BCUT2D eigenvalue weighted by Gasteiger charge is -2.35. The van der Waals surface area contributed by atoms with Crippen LogP contribution in [-0.4, -0.2) is 36.2 Å². The number of aryl methyl sites for hydroxylation is 1. The number of nitrogens with one attached hydrogen (secondary N) is 1. The summed E-state index contributed by atoms with van der Waals surface area (Å²) in [6, 6.07) is 8.58. The molecule has 1 N–H and O–H groups in total. The van der Waals surface area contributed by atoms with E-state index < -0.39 is 5.60 Å². The molecule has 1 aromatic carbocycles. The summed E-state index contributed by atoms with van der Waals surface area (Å²) in [5.74, 6) is 0. The third-order valence-corrected chi connectivity index (χ3v) is 3.27. The van der Waals surface area contributed by atoms with Gasteiger partial charge >= 0.3 is 6.09 Å². The summed E-state index contributed by atoms with van der Waals surface area (Å²) in [6.07, 6.45) is -0.225. The Bertz CT molecular complexity index is 480. The van der Waals surface area contributed by atoms with E-state index >= 15 is 0 Å². The molecule has 0 spiro atoms. The van der Waals surface area contributed by atoms with Gasteiger partial charge in [0.15, 0.2) is 0 Å². The third kappa shape index (κ3) is 3.97. The molecule has 1 aliphatic heterocycles. The van der Waals surface area contributed by atoms with Gasteiger partial charge in [0.05, 0.1) is 6.04 Å². The number of carbonyl (C=O) groups is 1. The van der Waals surface area contributed by atoms with Crippen LogP contribution in [0.5, 0.6) is 0 Å². The van der Waals surface area contributed by atoms with Gasteiger partial charge in [0, 0.05) is 19.6 Å². The van der Waals surface area contributed by atoms with Gasteiger partial charge in [-0.1, -0.05) is 29.8 Å². The summed E-state index contributed by atoms with van der Waals surface area (Å²) in [4.78, 5) is 13.9. The van der Waals surface area contributed by atoms with Gasteiger partial charge in [0.25, 0.3) is 0 Å². The SMILES string of the molecule is Cc1cccc(C2CN(C(=O)OC(C)(C)C)CCN2)c1. The fraction of sp³-hybridized carbons (Fsp3) is 0.562. The average molecular weight is 276 g/mol. The van der Waals surface area contributed by atoms with Crippen LogP contribution < -0.4 is 5.32 Å². The Hall–Kier alpha value is -1.55. The lowest BCUT2D eigenvalue weighted by Crippen LogP contribution is -2.49. The Kier molecular flexibility index (Phi) is 4.33. The van der Waals surface area contributed by atoms with Crippen molar-refractivity contribution in [2.24, 2.45) is 0 Å². The first-order valence-electron chi connectivity index (χ1n) is 7.13. The van der Waals surface area contributed by atoms with Crippen molar-refractivity contribution in [2.75, 3.05) is 19.6 Å². The number of carbonyl (C=O) groups excluding carboxylic acids is 1. The van der Waals surface area contributed by atoms with Crippen LogP contribution >= 0.6 is 0 Å². The molecule has 1 heterocycles. The highest BCUT2D eigenvalue weighted by molar-refractivity contribution is 5.68. The second-order valence-electron chi connectivity index (χ2n) is 6.35. The van der Waals surface area contributed by atoms with Crippen LogP contribution in [0.3, 0.4) is 0 Å². The zero-order valence-electron chi connectivity index (χ0n) is 12.8. The molecular formula is C16H24N2O2. The van der Waals surface area contributed by atoms with Crippen molar-refractivity contribution in [3.05, 3.63) is 35.4 Å². The number of hydrogen-bond donors (Lipinski definition) is 1. The minimum atomic E-state index is -0.444. The highest BCUT2D eigenvalue weighted by Gasteiger charge is 2.27. The van der Waals surface area contributed by atoms with Crippen LogP contribution in [0.2, 0.25) is 0 Å². The van der Waals surface area contributed by atoms with Gasteiger partial charge in [0.2, 0.25) is 0 Å². The number of amides is 1. The zero-order chi connectivity index (χ0) is 14.8. The number of nitrogens with zero attached hydrogens (tertiary/aromatic N) is 1. The van der Waals surface area contributed by atoms with Crippen molar-refractivity contribution in [2.45, 2.75) is 39.3 Å². The second kappa shape index (κ2) is 5.83. The van der Waals surface area contributed by atoms with Crippen LogP contribution in [0, 0.1) is 6.92 Å². The van der Waals surface area contributed by atoms with E-state index in [4.69, 9.17) is 4.74 Å². The fourth-order valence-corrected chi connectivity index (χ4v) is 2.35. The maximum Gasteiger partial charge on any atom is 0.410 e. The molecule has 4 heteroatoms. The normalized spacial score (nSPS) is 19.8. The minimum Gasteiger partial charge on any atom is -0.444 e. The summed E-state index contributed by atoms with van der Waals surface area (Å²) in [5.41, 5.74) is 2.01. The van der Waals surface area contributed by atoms with E-state index in [2.05, 4.69) is 36.5 Å². The van der Waals surface area contributed by atoms with Crippen LogP contribution in [-0.2, 0) is 4.74 Å². The van der Waals surface area contributed by atoms with Crippen molar-refractivity contribution in [1.82, 2.24) is 10.2 Å². The second-order valence-corrected chi connectivity index (χ2v) is 6.35. The lowest BCUT2D eigenvalue weighted by molar-refractivity contribution is 0.0195. The Balaban J connectivity index is 2.03. The van der Waals surface area contributed by atoms with Crippen molar-refractivity contribution < 1.29 is 9.53 Å². The molecule has 1 aromatic rings. The predicted octanol–water partition coefficient (Wildman–Crippen LogP) is 2.88. The molecule has 1 aliphatic rings. The van der Waals surface area contributed by atoms with Gasteiger partial charge in [0.1, 0.15) is 5.60 Å². The van der Waals surface area contributed by atoms with Crippen LogP contribution in [0.25, 0.3) is 0 Å². The molecule has 110 valence electrons. The highest BCUT2D eigenvalue weighted by atomic mass is 16.6. The van der Waals surface area contributed by atoms with Crippen molar-refractivity contribution >= 4 is 6.09 Å². The molecule has 4 nitrogen and oxygen atoms in total. The number of piperazine rings is 1. The van der Waals surface area contributed by atoms with Gasteiger partial charge in [-0.15, -0.1) is 0 Å². The molecule has 0 aromatic heterocycles. The summed E-state index contributed by atoms with van der Waals surface area (Å²) in [6.45, 7) is 9.90. The van der Waals surface area contributed by atoms with Crippen molar-refractivity contribution in [3.63, 3.8) is 0 Å². The lowest BCUT2D eigenvalue weighted by atomic mass is 10.0. The molecule has 1 atom stereocenters. The minimum absolute atomic E-state index is 0.177. The van der Waals surface area contributed by atoms with E-state index in [1.54, 1.807) is 4.90 Å². The summed E-state index contributed by atoms with van der Waals surface area (Å²) >= 11 is 0. The molecule has 1 saturated heterocycles. The first kappa shape index (κ1) is 14.9. The molecule has 20 heavy (non-hydrogen) atoms. The Morgan fingerprint density at radius 2 is 2.15 bits per heavy atom. The largest absolute Gasteiger partial charge is 0.444 e. The van der Waals surface area contributed by atoms with E-state index in [9.17, 15) is 4.79 Å². The van der Waals surface area contributed by atoms with Gasteiger partial charge < -0.3 is 15.0 Å². The molecule has 1 fully saturated rings. The maximum absolute atomic E-state index is 12.1. The van der Waals surface area contributed by atoms with Crippen molar-refractivity contribution in [1.29, 1.82) is 0 Å². The van der Waals surface area contributed by atoms with E-state index in [-0.39, 0.29) is 12.1 Å². The molecule has 1 amide bonds.